The lowest BCUT2D eigenvalue weighted by Crippen LogP contribution is -2.37. The monoisotopic (exact) mass is 341 g/mol. The van der Waals surface area contributed by atoms with Gasteiger partial charge in [-0.05, 0) is 17.7 Å². The molecule has 0 aliphatic carbocycles. The molecule has 1 atom stereocenters. The highest BCUT2D eigenvalue weighted by Crippen LogP contribution is 2.35. The van der Waals surface area contributed by atoms with Crippen molar-refractivity contribution >= 4 is 11.9 Å². The van der Waals surface area contributed by atoms with Gasteiger partial charge in [-0.3, -0.25) is 4.79 Å². The highest BCUT2D eigenvalue weighted by Gasteiger charge is 2.32. The first-order valence-electron chi connectivity index (χ1n) is 7.92. The summed E-state index contributed by atoms with van der Waals surface area (Å²) in [7, 11) is 2.87. The molecule has 2 aromatic carbocycles. The van der Waals surface area contributed by atoms with E-state index in [9.17, 15) is 9.59 Å². The summed E-state index contributed by atoms with van der Waals surface area (Å²) in [6.45, 7) is 0.815. The van der Waals surface area contributed by atoms with Crippen LogP contribution in [0.3, 0.4) is 0 Å². The minimum atomic E-state index is -0.848. The Morgan fingerprint density at radius 1 is 1.04 bits per heavy atom. The molecule has 0 saturated carbocycles. The van der Waals surface area contributed by atoms with Crippen molar-refractivity contribution in [1.29, 1.82) is 0 Å². The molecule has 1 amide bonds. The van der Waals surface area contributed by atoms with E-state index in [0.717, 1.165) is 0 Å². The van der Waals surface area contributed by atoms with Crippen LogP contribution in [0.5, 0.6) is 11.5 Å². The van der Waals surface area contributed by atoms with Crippen LogP contribution < -0.4 is 9.47 Å². The summed E-state index contributed by atoms with van der Waals surface area (Å²) in [6, 6.07) is 13.3. The molecule has 0 unspecified atom stereocenters. The van der Waals surface area contributed by atoms with Gasteiger partial charge in [-0.25, -0.2) is 4.79 Å². The van der Waals surface area contributed by atoms with E-state index in [1.807, 2.05) is 18.2 Å². The lowest BCUT2D eigenvalue weighted by molar-refractivity contribution is -0.145. The third-order valence-corrected chi connectivity index (χ3v) is 4.04. The van der Waals surface area contributed by atoms with E-state index in [0.29, 0.717) is 35.8 Å². The number of fused-ring (bicyclic) bond motifs is 1. The van der Waals surface area contributed by atoms with Gasteiger partial charge in [-0.15, -0.1) is 0 Å². The van der Waals surface area contributed by atoms with E-state index in [1.54, 1.807) is 37.4 Å². The van der Waals surface area contributed by atoms with Gasteiger partial charge in [0.2, 0.25) is 0 Å². The maximum atomic E-state index is 13.0. The average molecular weight is 341 g/mol. The molecule has 2 aromatic rings. The lowest BCUT2D eigenvalue weighted by atomic mass is 10.0. The summed E-state index contributed by atoms with van der Waals surface area (Å²) in [5.41, 5.74) is 1.02. The van der Waals surface area contributed by atoms with Crippen molar-refractivity contribution in [3.8, 4) is 11.5 Å². The molecule has 3 rings (SSSR count). The predicted molar refractivity (Wildman–Crippen MR) is 90.7 cm³/mol. The molecule has 0 saturated heterocycles. The van der Waals surface area contributed by atoms with Crippen molar-refractivity contribution in [3.63, 3.8) is 0 Å². The van der Waals surface area contributed by atoms with Crippen molar-refractivity contribution in [1.82, 2.24) is 4.90 Å². The average Bonchev–Trinajstić information content (AvgIpc) is 2.67. The second kappa shape index (κ2) is 7.25. The maximum Gasteiger partial charge on any atom is 0.333 e. The van der Waals surface area contributed by atoms with E-state index < -0.39 is 12.0 Å². The summed E-state index contributed by atoms with van der Waals surface area (Å²) in [4.78, 5) is 26.7. The number of para-hydroxylation sites is 1. The Morgan fingerprint density at radius 3 is 2.48 bits per heavy atom. The molecular weight excluding hydrogens is 322 g/mol. The third kappa shape index (κ3) is 3.28. The molecule has 1 heterocycles. The van der Waals surface area contributed by atoms with Crippen LogP contribution in [0.1, 0.15) is 22.0 Å². The van der Waals surface area contributed by atoms with E-state index in [-0.39, 0.29) is 5.91 Å². The number of hydrogen-bond donors (Lipinski definition) is 0. The number of methoxy groups -OCH3 is 1. The fourth-order valence-corrected chi connectivity index (χ4v) is 2.81. The standard InChI is InChI=1S/C19H19NO5/c1-20(16(19(22)23-2)13-7-4-3-5-8-13)18(21)14-9-6-10-15-17(14)25-12-11-24-15/h3-10,16H,11-12H2,1-2H3/t16-/m0/s1. The molecule has 130 valence electrons. The van der Waals surface area contributed by atoms with E-state index in [4.69, 9.17) is 14.2 Å². The normalized spacial score (nSPS) is 13.7. The number of nitrogens with zero attached hydrogens (tertiary/aromatic N) is 1. The second-order valence-electron chi connectivity index (χ2n) is 5.58. The minimum Gasteiger partial charge on any atom is -0.486 e. The number of likely N-dealkylation sites (N-methyl/N-ethyl adjacent to an activating group) is 1. The predicted octanol–water partition coefficient (Wildman–Crippen LogP) is 2.44. The van der Waals surface area contributed by atoms with Gasteiger partial charge in [0.15, 0.2) is 17.5 Å². The van der Waals surface area contributed by atoms with Crippen LogP contribution in [0, 0.1) is 0 Å². The smallest absolute Gasteiger partial charge is 0.333 e. The van der Waals surface area contributed by atoms with Crippen LogP contribution in [0.4, 0.5) is 0 Å². The molecule has 25 heavy (non-hydrogen) atoms. The SMILES string of the molecule is COC(=O)[C@H](c1ccccc1)N(C)C(=O)c1cccc2c1OCCO2. The van der Waals surface area contributed by atoms with Crippen molar-refractivity contribution < 1.29 is 23.8 Å². The van der Waals surface area contributed by atoms with Gasteiger partial charge in [-0.2, -0.15) is 0 Å². The summed E-state index contributed by atoms with van der Waals surface area (Å²) >= 11 is 0. The number of amides is 1. The Kier molecular flexibility index (Phi) is 4.88. The first-order chi connectivity index (χ1) is 12.1. The fraction of sp³-hybridized carbons (Fsp3) is 0.263. The van der Waals surface area contributed by atoms with Crippen molar-refractivity contribution in [2.45, 2.75) is 6.04 Å². The Morgan fingerprint density at radius 2 is 1.76 bits per heavy atom. The Labute approximate surface area is 145 Å². The van der Waals surface area contributed by atoms with Crippen LogP contribution in [0.2, 0.25) is 0 Å². The van der Waals surface area contributed by atoms with Crippen LogP contribution in [-0.2, 0) is 9.53 Å². The Hall–Kier alpha value is -3.02. The molecule has 0 spiro atoms. The molecule has 0 aromatic heterocycles. The molecule has 0 N–H and O–H groups in total. The van der Waals surface area contributed by atoms with Gasteiger partial charge in [0.05, 0.1) is 12.7 Å². The van der Waals surface area contributed by atoms with Gasteiger partial charge < -0.3 is 19.1 Å². The first-order valence-corrected chi connectivity index (χ1v) is 7.92. The summed E-state index contributed by atoms with van der Waals surface area (Å²) in [5.74, 6) is 0.0766. The molecule has 0 bridgehead atoms. The first kappa shape index (κ1) is 16.8. The van der Waals surface area contributed by atoms with E-state index in [1.165, 1.54) is 12.0 Å². The highest BCUT2D eigenvalue weighted by molar-refractivity contribution is 6.00. The number of carbonyl (C=O) groups excluding carboxylic acids is 2. The minimum absolute atomic E-state index is 0.346. The molecule has 6 heteroatoms. The molecule has 6 nitrogen and oxygen atoms in total. The Balaban J connectivity index is 1.96. The Bertz CT molecular complexity index is 775. The number of rotatable bonds is 4. The molecule has 1 aliphatic heterocycles. The summed E-state index contributed by atoms with van der Waals surface area (Å²) in [5, 5.41) is 0. The zero-order valence-corrected chi connectivity index (χ0v) is 14.1. The molecule has 0 radical (unpaired) electrons. The zero-order valence-electron chi connectivity index (χ0n) is 14.1. The quantitative estimate of drug-likeness (QED) is 0.799. The molecule has 0 fully saturated rings. The van der Waals surface area contributed by atoms with E-state index >= 15 is 0 Å². The largest absolute Gasteiger partial charge is 0.486 e. The van der Waals surface area contributed by atoms with Crippen molar-refractivity contribution in [2.75, 3.05) is 27.4 Å². The number of carbonyl (C=O) groups is 2. The van der Waals surface area contributed by atoms with Crippen LogP contribution in [-0.4, -0.2) is 44.1 Å². The van der Waals surface area contributed by atoms with Crippen molar-refractivity contribution in [3.05, 3.63) is 59.7 Å². The lowest BCUT2D eigenvalue weighted by Gasteiger charge is -2.28. The number of esters is 1. The van der Waals surface area contributed by atoms with Gasteiger partial charge in [0.25, 0.3) is 5.91 Å². The van der Waals surface area contributed by atoms with Gasteiger partial charge in [0.1, 0.15) is 13.2 Å². The van der Waals surface area contributed by atoms with Gasteiger partial charge in [0, 0.05) is 7.05 Å². The summed E-state index contributed by atoms with van der Waals surface area (Å²) in [6.07, 6.45) is 0. The zero-order chi connectivity index (χ0) is 17.8. The van der Waals surface area contributed by atoms with Gasteiger partial charge in [-0.1, -0.05) is 36.4 Å². The third-order valence-electron chi connectivity index (χ3n) is 4.04. The fourth-order valence-electron chi connectivity index (χ4n) is 2.81. The number of ether oxygens (including phenoxy) is 3. The van der Waals surface area contributed by atoms with Crippen molar-refractivity contribution in [2.24, 2.45) is 0 Å². The summed E-state index contributed by atoms with van der Waals surface area (Å²) < 4.78 is 16.0. The number of hydrogen-bond acceptors (Lipinski definition) is 5. The van der Waals surface area contributed by atoms with E-state index in [2.05, 4.69) is 0 Å². The molecular formula is C19H19NO5. The number of benzene rings is 2. The van der Waals surface area contributed by atoms with Crippen LogP contribution in [0.25, 0.3) is 0 Å². The highest BCUT2D eigenvalue weighted by atomic mass is 16.6. The van der Waals surface area contributed by atoms with Crippen LogP contribution in [0.15, 0.2) is 48.5 Å². The topological polar surface area (TPSA) is 65.1 Å². The second-order valence-corrected chi connectivity index (χ2v) is 5.58. The van der Waals surface area contributed by atoms with Crippen LogP contribution >= 0.6 is 0 Å². The maximum absolute atomic E-state index is 13.0. The van der Waals surface area contributed by atoms with Gasteiger partial charge >= 0.3 is 5.97 Å². The molecule has 1 aliphatic rings.